The number of nitrogens with zero attached hydrogens (tertiary/aromatic N) is 1. The van der Waals surface area contributed by atoms with E-state index in [4.69, 9.17) is 4.74 Å². The Morgan fingerprint density at radius 2 is 2.00 bits per heavy atom. The molecule has 0 fully saturated rings. The molecule has 6 heteroatoms. The maximum Gasteiger partial charge on any atom is 0.221 e. The summed E-state index contributed by atoms with van der Waals surface area (Å²) in [4.78, 5) is 15.2. The lowest BCUT2D eigenvalue weighted by molar-refractivity contribution is -0.114. The molecule has 1 aromatic rings. The molecule has 1 rings (SSSR count). The van der Waals surface area contributed by atoms with E-state index in [1.165, 1.54) is 13.3 Å². The second-order valence-electron chi connectivity index (χ2n) is 6.02. The van der Waals surface area contributed by atoms with Crippen molar-refractivity contribution in [3.8, 4) is 5.75 Å². The third kappa shape index (κ3) is 9.02. The summed E-state index contributed by atoms with van der Waals surface area (Å²) in [6.45, 7) is 8.01. The lowest BCUT2D eigenvalue weighted by Crippen LogP contribution is -2.39. The number of anilines is 1. The van der Waals surface area contributed by atoms with Gasteiger partial charge in [0.1, 0.15) is 12.4 Å². The minimum absolute atomic E-state index is 0.0962. The summed E-state index contributed by atoms with van der Waals surface area (Å²) in [5.74, 6) is 2.14. The number of ether oxygens (including phenoxy) is 1. The molecule has 24 heavy (non-hydrogen) atoms. The van der Waals surface area contributed by atoms with Crippen LogP contribution in [0.25, 0.3) is 0 Å². The standard InChI is InChI=1S/C18H30N4O2/c1-14(2)7-6-10-20-18(19-4)21-11-12-24-17-9-5-8-16(13-17)22-15(3)23/h5,8-9,13-14H,6-7,10-12H2,1-4H3,(H,22,23)(H2,19,20,21). The van der Waals surface area contributed by atoms with Crippen LogP contribution in [0.4, 0.5) is 5.69 Å². The van der Waals surface area contributed by atoms with Gasteiger partial charge in [0, 0.05) is 32.3 Å². The van der Waals surface area contributed by atoms with Gasteiger partial charge in [-0.2, -0.15) is 0 Å². The molecule has 0 saturated carbocycles. The first-order valence-electron chi connectivity index (χ1n) is 8.46. The highest BCUT2D eigenvalue weighted by Crippen LogP contribution is 2.16. The molecule has 0 aliphatic heterocycles. The summed E-state index contributed by atoms with van der Waals surface area (Å²) in [7, 11) is 1.76. The zero-order chi connectivity index (χ0) is 17.8. The Kier molecular flexibility index (Phi) is 9.34. The molecule has 6 nitrogen and oxygen atoms in total. The van der Waals surface area contributed by atoms with Gasteiger partial charge in [0.25, 0.3) is 0 Å². The van der Waals surface area contributed by atoms with E-state index < -0.39 is 0 Å². The molecular formula is C18H30N4O2. The Labute approximate surface area is 145 Å². The number of amides is 1. The number of hydrogen-bond donors (Lipinski definition) is 3. The van der Waals surface area contributed by atoms with E-state index in [9.17, 15) is 4.79 Å². The van der Waals surface area contributed by atoms with Gasteiger partial charge in [0.05, 0.1) is 6.54 Å². The van der Waals surface area contributed by atoms with Gasteiger partial charge in [-0.3, -0.25) is 9.79 Å². The average molecular weight is 334 g/mol. The molecule has 0 unspecified atom stereocenters. The Bertz CT molecular complexity index is 530. The van der Waals surface area contributed by atoms with Gasteiger partial charge in [0.15, 0.2) is 5.96 Å². The van der Waals surface area contributed by atoms with Crippen molar-refractivity contribution in [1.29, 1.82) is 0 Å². The summed E-state index contributed by atoms with van der Waals surface area (Å²) in [6, 6.07) is 7.35. The van der Waals surface area contributed by atoms with Crippen LogP contribution in [-0.4, -0.2) is 38.6 Å². The van der Waals surface area contributed by atoms with Crippen LogP contribution in [-0.2, 0) is 4.79 Å². The van der Waals surface area contributed by atoms with E-state index in [1.54, 1.807) is 13.1 Å². The molecule has 1 amide bonds. The first kappa shape index (κ1) is 19.8. The quantitative estimate of drug-likeness (QED) is 0.369. The topological polar surface area (TPSA) is 74.8 Å². The van der Waals surface area contributed by atoms with E-state index in [2.05, 4.69) is 34.8 Å². The van der Waals surface area contributed by atoms with Crippen LogP contribution in [0.1, 0.15) is 33.6 Å². The average Bonchev–Trinajstić information content (AvgIpc) is 2.53. The maximum atomic E-state index is 11.1. The predicted molar refractivity (Wildman–Crippen MR) is 99.7 cm³/mol. The number of guanidine groups is 1. The highest BCUT2D eigenvalue weighted by Gasteiger charge is 2.00. The van der Waals surface area contributed by atoms with Crippen LogP contribution >= 0.6 is 0 Å². The second kappa shape index (κ2) is 11.3. The summed E-state index contributed by atoms with van der Waals surface area (Å²) in [5, 5.41) is 9.24. The van der Waals surface area contributed by atoms with Crippen molar-refractivity contribution in [3.05, 3.63) is 24.3 Å². The zero-order valence-electron chi connectivity index (χ0n) is 15.2. The fourth-order valence-electron chi connectivity index (χ4n) is 2.14. The van der Waals surface area contributed by atoms with Crippen molar-refractivity contribution in [1.82, 2.24) is 10.6 Å². The molecule has 0 saturated heterocycles. The number of hydrogen-bond acceptors (Lipinski definition) is 3. The number of aliphatic imine (C=N–C) groups is 1. The van der Waals surface area contributed by atoms with Gasteiger partial charge in [-0.05, 0) is 30.9 Å². The summed E-state index contributed by atoms with van der Waals surface area (Å²) >= 11 is 0. The van der Waals surface area contributed by atoms with Crippen molar-refractivity contribution in [2.24, 2.45) is 10.9 Å². The molecule has 0 bridgehead atoms. The lowest BCUT2D eigenvalue weighted by atomic mass is 10.1. The van der Waals surface area contributed by atoms with E-state index in [0.29, 0.717) is 13.2 Å². The molecule has 0 aliphatic carbocycles. The number of rotatable bonds is 9. The van der Waals surface area contributed by atoms with Gasteiger partial charge in [-0.25, -0.2) is 0 Å². The molecule has 0 radical (unpaired) electrons. The second-order valence-corrected chi connectivity index (χ2v) is 6.02. The minimum Gasteiger partial charge on any atom is -0.492 e. The van der Waals surface area contributed by atoms with Crippen LogP contribution in [0.5, 0.6) is 5.75 Å². The van der Waals surface area contributed by atoms with Gasteiger partial charge in [-0.15, -0.1) is 0 Å². The highest BCUT2D eigenvalue weighted by molar-refractivity contribution is 5.88. The van der Waals surface area contributed by atoms with Crippen molar-refractivity contribution >= 4 is 17.6 Å². The minimum atomic E-state index is -0.0962. The molecule has 1 aromatic carbocycles. The molecule has 0 heterocycles. The largest absolute Gasteiger partial charge is 0.492 e. The fraction of sp³-hybridized carbons (Fsp3) is 0.556. The molecule has 0 aliphatic rings. The van der Waals surface area contributed by atoms with Crippen molar-refractivity contribution in [2.45, 2.75) is 33.6 Å². The summed E-state index contributed by atoms with van der Waals surface area (Å²) in [6.07, 6.45) is 2.34. The SMILES string of the molecule is CN=C(NCCCC(C)C)NCCOc1cccc(NC(C)=O)c1. The van der Waals surface area contributed by atoms with Crippen LogP contribution < -0.4 is 20.7 Å². The normalized spacial score (nSPS) is 11.3. The Morgan fingerprint density at radius 3 is 2.67 bits per heavy atom. The summed E-state index contributed by atoms with van der Waals surface area (Å²) < 4.78 is 5.68. The Hall–Kier alpha value is -2.24. The number of nitrogens with one attached hydrogen (secondary N) is 3. The fourth-order valence-corrected chi connectivity index (χ4v) is 2.14. The van der Waals surface area contributed by atoms with Gasteiger partial charge in [0.2, 0.25) is 5.91 Å². The number of benzene rings is 1. The predicted octanol–water partition coefficient (Wildman–Crippen LogP) is 2.62. The highest BCUT2D eigenvalue weighted by atomic mass is 16.5. The zero-order valence-corrected chi connectivity index (χ0v) is 15.2. The third-order valence-electron chi connectivity index (χ3n) is 3.29. The Balaban J connectivity index is 2.25. The number of carbonyl (C=O) groups excluding carboxylic acids is 1. The molecule has 0 atom stereocenters. The molecule has 134 valence electrons. The van der Waals surface area contributed by atoms with Crippen molar-refractivity contribution in [2.75, 3.05) is 32.1 Å². The van der Waals surface area contributed by atoms with Crippen LogP contribution in [0, 0.1) is 5.92 Å². The van der Waals surface area contributed by atoms with Crippen LogP contribution in [0.2, 0.25) is 0 Å². The first-order chi connectivity index (χ1) is 11.5. The molecule has 3 N–H and O–H groups in total. The van der Waals surface area contributed by atoms with Gasteiger partial charge in [-0.1, -0.05) is 19.9 Å². The third-order valence-corrected chi connectivity index (χ3v) is 3.29. The van der Waals surface area contributed by atoms with Crippen molar-refractivity contribution in [3.63, 3.8) is 0 Å². The van der Waals surface area contributed by atoms with Gasteiger partial charge >= 0.3 is 0 Å². The van der Waals surface area contributed by atoms with E-state index in [-0.39, 0.29) is 5.91 Å². The summed E-state index contributed by atoms with van der Waals surface area (Å²) in [5.41, 5.74) is 0.732. The smallest absolute Gasteiger partial charge is 0.221 e. The number of carbonyl (C=O) groups is 1. The van der Waals surface area contributed by atoms with E-state index in [0.717, 1.165) is 36.3 Å². The lowest BCUT2D eigenvalue weighted by Gasteiger charge is -2.13. The van der Waals surface area contributed by atoms with Crippen molar-refractivity contribution < 1.29 is 9.53 Å². The van der Waals surface area contributed by atoms with Crippen LogP contribution in [0.15, 0.2) is 29.3 Å². The van der Waals surface area contributed by atoms with E-state index in [1.807, 2.05) is 18.2 Å². The van der Waals surface area contributed by atoms with Crippen LogP contribution in [0.3, 0.4) is 0 Å². The molecule has 0 aromatic heterocycles. The van der Waals surface area contributed by atoms with E-state index >= 15 is 0 Å². The Morgan fingerprint density at radius 1 is 1.25 bits per heavy atom. The first-order valence-corrected chi connectivity index (χ1v) is 8.46. The maximum absolute atomic E-state index is 11.1. The monoisotopic (exact) mass is 334 g/mol. The molecular weight excluding hydrogens is 304 g/mol. The molecule has 0 spiro atoms. The van der Waals surface area contributed by atoms with Gasteiger partial charge < -0.3 is 20.7 Å².